The lowest BCUT2D eigenvalue weighted by Crippen LogP contribution is -2.14. The van der Waals surface area contributed by atoms with Crippen molar-refractivity contribution in [1.29, 1.82) is 0 Å². The molecule has 0 fully saturated rings. The van der Waals surface area contributed by atoms with Crippen LogP contribution in [0, 0.1) is 6.92 Å². The Balaban J connectivity index is 1.95. The van der Waals surface area contributed by atoms with Gasteiger partial charge in [0.2, 0.25) is 5.75 Å². The number of aromatic amines is 1. The fourth-order valence-corrected chi connectivity index (χ4v) is 2.80. The van der Waals surface area contributed by atoms with Crippen molar-refractivity contribution >= 4 is 22.8 Å². The molecule has 3 aromatic rings. The SMILES string of the molecule is CCOc1cc(C(=O)Nc2n[nH]c3nc(C)ccc23)cc(OCC)c1OCC. The molecule has 0 saturated heterocycles. The van der Waals surface area contributed by atoms with Gasteiger partial charge in [0, 0.05) is 11.3 Å². The minimum atomic E-state index is -0.334. The van der Waals surface area contributed by atoms with Gasteiger partial charge >= 0.3 is 0 Å². The number of H-pyrrole nitrogens is 1. The van der Waals surface area contributed by atoms with Crippen LogP contribution in [0.4, 0.5) is 5.82 Å². The maximum Gasteiger partial charge on any atom is 0.257 e. The van der Waals surface area contributed by atoms with Crippen LogP contribution in [0.3, 0.4) is 0 Å². The Kier molecular flexibility index (Phi) is 5.98. The van der Waals surface area contributed by atoms with Crippen LogP contribution in [0.2, 0.25) is 0 Å². The summed E-state index contributed by atoms with van der Waals surface area (Å²) in [4.78, 5) is 17.2. The molecule has 1 aromatic carbocycles. The number of aromatic nitrogens is 3. The average Bonchev–Trinajstić information content (AvgIpc) is 3.06. The molecular formula is C20H24N4O4. The van der Waals surface area contributed by atoms with E-state index in [1.807, 2.05) is 39.8 Å². The summed E-state index contributed by atoms with van der Waals surface area (Å²) < 4.78 is 17.0. The van der Waals surface area contributed by atoms with Crippen molar-refractivity contribution in [3.8, 4) is 17.2 Å². The molecule has 8 heteroatoms. The molecule has 0 aliphatic carbocycles. The van der Waals surface area contributed by atoms with Gasteiger partial charge in [-0.25, -0.2) is 4.98 Å². The van der Waals surface area contributed by atoms with Crippen molar-refractivity contribution in [2.45, 2.75) is 27.7 Å². The maximum absolute atomic E-state index is 12.9. The Morgan fingerprint density at radius 1 is 1.04 bits per heavy atom. The fourth-order valence-electron chi connectivity index (χ4n) is 2.80. The van der Waals surface area contributed by atoms with E-state index in [1.54, 1.807) is 12.1 Å². The normalized spacial score (nSPS) is 10.7. The molecule has 148 valence electrons. The summed E-state index contributed by atoms with van der Waals surface area (Å²) >= 11 is 0. The van der Waals surface area contributed by atoms with E-state index in [0.29, 0.717) is 54.1 Å². The lowest BCUT2D eigenvalue weighted by atomic mass is 10.1. The van der Waals surface area contributed by atoms with Gasteiger partial charge in [0.15, 0.2) is 23.0 Å². The molecule has 28 heavy (non-hydrogen) atoms. The number of rotatable bonds is 8. The summed E-state index contributed by atoms with van der Waals surface area (Å²) in [5, 5.41) is 10.5. The van der Waals surface area contributed by atoms with Crippen LogP contribution in [0.1, 0.15) is 36.8 Å². The second-order valence-corrected chi connectivity index (χ2v) is 5.98. The van der Waals surface area contributed by atoms with Crippen molar-refractivity contribution < 1.29 is 19.0 Å². The highest BCUT2D eigenvalue weighted by atomic mass is 16.5. The number of amides is 1. The van der Waals surface area contributed by atoms with Crippen LogP contribution in [0.25, 0.3) is 11.0 Å². The number of nitrogens with one attached hydrogen (secondary N) is 2. The van der Waals surface area contributed by atoms with Crippen LogP contribution >= 0.6 is 0 Å². The number of benzene rings is 1. The number of ether oxygens (including phenoxy) is 3. The Bertz CT molecular complexity index is 956. The van der Waals surface area contributed by atoms with Gasteiger partial charge in [0.05, 0.1) is 25.2 Å². The van der Waals surface area contributed by atoms with Crippen molar-refractivity contribution in [3.63, 3.8) is 0 Å². The number of anilines is 1. The first-order valence-corrected chi connectivity index (χ1v) is 9.26. The second kappa shape index (κ2) is 8.60. The molecule has 0 radical (unpaired) electrons. The van der Waals surface area contributed by atoms with Crippen LogP contribution in [0.5, 0.6) is 17.2 Å². The quantitative estimate of drug-likeness (QED) is 0.614. The van der Waals surface area contributed by atoms with Gasteiger partial charge in [-0.3, -0.25) is 9.89 Å². The van der Waals surface area contributed by atoms with Gasteiger partial charge in [0.25, 0.3) is 5.91 Å². The molecule has 2 N–H and O–H groups in total. The van der Waals surface area contributed by atoms with Crippen molar-refractivity contribution in [1.82, 2.24) is 15.2 Å². The highest BCUT2D eigenvalue weighted by Gasteiger charge is 2.19. The summed E-state index contributed by atoms with van der Waals surface area (Å²) in [7, 11) is 0. The molecule has 0 aliphatic rings. The molecule has 0 aliphatic heterocycles. The molecular weight excluding hydrogens is 360 g/mol. The highest BCUT2D eigenvalue weighted by molar-refractivity contribution is 6.08. The topological polar surface area (TPSA) is 98.4 Å². The van der Waals surface area contributed by atoms with Crippen LogP contribution in [0.15, 0.2) is 24.3 Å². The Hall–Kier alpha value is -3.29. The number of aryl methyl sites for hydroxylation is 1. The molecule has 0 atom stereocenters. The number of hydrogen-bond acceptors (Lipinski definition) is 6. The van der Waals surface area contributed by atoms with Gasteiger partial charge in [-0.1, -0.05) is 0 Å². The number of hydrogen-bond donors (Lipinski definition) is 2. The Morgan fingerprint density at radius 2 is 1.68 bits per heavy atom. The van der Waals surface area contributed by atoms with Crippen molar-refractivity contribution in [2.75, 3.05) is 25.1 Å². The molecule has 0 spiro atoms. The molecule has 1 amide bonds. The zero-order valence-corrected chi connectivity index (χ0v) is 16.5. The maximum atomic E-state index is 12.9. The highest BCUT2D eigenvalue weighted by Crippen LogP contribution is 2.39. The molecule has 2 aromatic heterocycles. The molecule has 8 nitrogen and oxygen atoms in total. The number of nitrogens with zero attached hydrogens (tertiary/aromatic N) is 2. The zero-order chi connectivity index (χ0) is 20.1. The Labute approximate surface area is 163 Å². The van der Waals surface area contributed by atoms with E-state index >= 15 is 0 Å². The number of carbonyl (C=O) groups excluding carboxylic acids is 1. The predicted octanol–water partition coefficient (Wildman–Crippen LogP) is 3.71. The third-order valence-corrected chi connectivity index (χ3v) is 3.97. The first kappa shape index (κ1) is 19.5. The molecule has 3 rings (SSSR count). The van der Waals surface area contributed by atoms with Crippen molar-refractivity contribution in [2.24, 2.45) is 0 Å². The number of fused-ring (bicyclic) bond motifs is 1. The first-order chi connectivity index (χ1) is 13.6. The van der Waals surface area contributed by atoms with Gasteiger partial charge in [0.1, 0.15) is 0 Å². The van der Waals surface area contributed by atoms with E-state index in [9.17, 15) is 4.79 Å². The van der Waals surface area contributed by atoms with Crippen molar-refractivity contribution in [3.05, 3.63) is 35.5 Å². The Morgan fingerprint density at radius 3 is 2.29 bits per heavy atom. The fraction of sp³-hybridized carbons (Fsp3) is 0.350. The van der Waals surface area contributed by atoms with Gasteiger partial charge < -0.3 is 19.5 Å². The summed E-state index contributed by atoms with van der Waals surface area (Å²) in [6, 6.07) is 7.02. The number of carbonyl (C=O) groups is 1. The lowest BCUT2D eigenvalue weighted by molar-refractivity contribution is 0.102. The number of pyridine rings is 1. The first-order valence-electron chi connectivity index (χ1n) is 9.26. The van der Waals surface area contributed by atoms with E-state index in [4.69, 9.17) is 14.2 Å². The van der Waals surface area contributed by atoms with E-state index in [2.05, 4.69) is 20.5 Å². The molecule has 0 unspecified atom stereocenters. The summed E-state index contributed by atoms with van der Waals surface area (Å²) in [6.45, 7) is 8.84. The minimum absolute atomic E-state index is 0.334. The molecule has 0 bridgehead atoms. The van der Waals surface area contributed by atoms with E-state index in [-0.39, 0.29) is 5.91 Å². The average molecular weight is 384 g/mol. The van der Waals surface area contributed by atoms with Crippen LogP contribution < -0.4 is 19.5 Å². The standard InChI is InChI=1S/C20H24N4O4/c1-5-26-15-10-13(11-16(27-6-2)17(15)28-7-3)20(25)22-19-14-9-8-12(4)21-18(14)23-24-19/h8-11H,5-7H2,1-4H3,(H2,21,22,23,24,25). The van der Waals surface area contributed by atoms with Crippen LogP contribution in [-0.2, 0) is 0 Å². The minimum Gasteiger partial charge on any atom is -0.490 e. The zero-order valence-electron chi connectivity index (χ0n) is 16.5. The summed E-state index contributed by atoms with van der Waals surface area (Å²) in [5.41, 5.74) is 1.86. The predicted molar refractivity (Wildman–Crippen MR) is 107 cm³/mol. The third kappa shape index (κ3) is 4.00. The van der Waals surface area contributed by atoms with Gasteiger partial charge in [-0.05, 0) is 52.0 Å². The third-order valence-electron chi connectivity index (χ3n) is 3.97. The second-order valence-electron chi connectivity index (χ2n) is 5.98. The molecule has 2 heterocycles. The monoisotopic (exact) mass is 384 g/mol. The summed E-state index contributed by atoms with van der Waals surface area (Å²) in [5.74, 6) is 1.50. The molecule has 0 saturated carbocycles. The lowest BCUT2D eigenvalue weighted by Gasteiger charge is -2.17. The van der Waals surface area contributed by atoms with Gasteiger partial charge in [-0.2, -0.15) is 5.10 Å². The largest absolute Gasteiger partial charge is 0.490 e. The van der Waals surface area contributed by atoms with Crippen LogP contribution in [-0.4, -0.2) is 40.9 Å². The van der Waals surface area contributed by atoms with E-state index < -0.39 is 0 Å². The smallest absolute Gasteiger partial charge is 0.257 e. The summed E-state index contributed by atoms with van der Waals surface area (Å²) in [6.07, 6.45) is 0. The van der Waals surface area contributed by atoms with E-state index in [0.717, 1.165) is 11.1 Å². The van der Waals surface area contributed by atoms with Gasteiger partial charge in [-0.15, -0.1) is 0 Å². The van der Waals surface area contributed by atoms with E-state index in [1.165, 1.54) is 0 Å².